The topological polar surface area (TPSA) is 98.3 Å². The van der Waals surface area contributed by atoms with Crippen LogP contribution in [0.1, 0.15) is 23.2 Å². The molecule has 0 saturated carbocycles. The molecule has 0 radical (unpaired) electrons. The molecular weight excluding hydrogens is 374 g/mol. The minimum absolute atomic E-state index is 0.106. The van der Waals surface area contributed by atoms with E-state index in [2.05, 4.69) is 15.3 Å². The average molecular weight is 389 g/mol. The molecule has 0 aliphatic heterocycles. The summed E-state index contributed by atoms with van der Waals surface area (Å²) < 4.78 is 7.14. The summed E-state index contributed by atoms with van der Waals surface area (Å²) in [7, 11) is 0. The molecule has 0 saturated heterocycles. The Labute approximate surface area is 157 Å². The molecule has 0 aliphatic rings. The van der Waals surface area contributed by atoms with Crippen LogP contribution in [0.4, 0.5) is 5.69 Å². The lowest BCUT2D eigenvalue weighted by molar-refractivity contribution is -0.385. The second-order valence-electron chi connectivity index (χ2n) is 5.17. The summed E-state index contributed by atoms with van der Waals surface area (Å²) in [6, 6.07) is 8.64. The number of rotatable bonds is 7. The fourth-order valence-electron chi connectivity index (χ4n) is 2.29. The molecule has 0 bridgehead atoms. The molecule has 3 aromatic rings. The van der Waals surface area contributed by atoms with E-state index in [1.807, 2.05) is 17.5 Å². The quantitative estimate of drug-likeness (QED) is 0.287. The second-order valence-corrected chi connectivity index (χ2v) is 6.59. The first-order chi connectivity index (χ1) is 12.6. The van der Waals surface area contributed by atoms with Crippen LogP contribution in [0.3, 0.4) is 0 Å². The van der Waals surface area contributed by atoms with E-state index in [1.165, 1.54) is 17.0 Å². The summed E-state index contributed by atoms with van der Waals surface area (Å²) in [5.41, 5.74) is 0.454. The number of nitrogens with zero attached hydrogens (tertiary/aromatic N) is 4. The maximum atomic E-state index is 11.2. The van der Waals surface area contributed by atoms with Gasteiger partial charge in [0.2, 0.25) is 4.77 Å². The Hall–Kier alpha value is -2.85. The summed E-state index contributed by atoms with van der Waals surface area (Å²) in [6.07, 6.45) is 2.09. The molecule has 0 atom stereocenters. The first-order valence-corrected chi connectivity index (χ1v) is 9.01. The molecule has 1 N–H and O–H groups in total. The molecule has 10 heteroatoms. The molecule has 26 heavy (non-hydrogen) atoms. The van der Waals surface area contributed by atoms with Gasteiger partial charge in [-0.1, -0.05) is 6.07 Å². The van der Waals surface area contributed by atoms with Crippen molar-refractivity contribution in [2.45, 2.75) is 13.3 Å². The zero-order valence-corrected chi connectivity index (χ0v) is 15.4. The van der Waals surface area contributed by atoms with Crippen molar-refractivity contribution in [3.63, 3.8) is 0 Å². The number of aromatic nitrogens is 3. The third kappa shape index (κ3) is 4.03. The fourth-order valence-corrected chi connectivity index (χ4v) is 3.19. The molecule has 1 aromatic carbocycles. The molecule has 2 heterocycles. The Balaban J connectivity index is 1.88. The van der Waals surface area contributed by atoms with Gasteiger partial charge >= 0.3 is 5.69 Å². The van der Waals surface area contributed by atoms with Crippen molar-refractivity contribution in [2.75, 3.05) is 6.61 Å². The zero-order chi connectivity index (χ0) is 18.5. The number of nitro groups is 1. The van der Waals surface area contributed by atoms with Crippen molar-refractivity contribution in [3.8, 4) is 5.75 Å². The van der Waals surface area contributed by atoms with Crippen LogP contribution in [0.2, 0.25) is 0 Å². The molecule has 0 spiro atoms. The average Bonchev–Trinajstić information content (AvgIpc) is 3.25. The van der Waals surface area contributed by atoms with Crippen molar-refractivity contribution in [1.29, 1.82) is 0 Å². The summed E-state index contributed by atoms with van der Waals surface area (Å²) in [5.74, 6) is 0.891. The lowest BCUT2D eigenvalue weighted by atomic mass is 10.2. The van der Waals surface area contributed by atoms with E-state index in [-0.39, 0.29) is 11.4 Å². The molecule has 8 nitrogen and oxygen atoms in total. The van der Waals surface area contributed by atoms with Crippen LogP contribution in [0.5, 0.6) is 5.75 Å². The molecule has 0 amide bonds. The summed E-state index contributed by atoms with van der Waals surface area (Å²) in [6.45, 7) is 2.12. The van der Waals surface area contributed by atoms with E-state index in [1.54, 1.807) is 30.4 Å². The van der Waals surface area contributed by atoms with Crippen molar-refractivity contribution in [3.05, 3.63) is 66.9 Å². The summed E-state index contributed by atoms with van der Waals surface area (Å²) in [5, 5.41) is 24.4. The Morgan fingerprint density at radius 1 is 1.50 bits per heavy atom. The third-order valence-electron chi connectivity index (χ3n) is 3.43. The van der Waals surface area contributed by atoms with Crippen LogP contribution in [0.15, 0.2) is 40.8 Å². The van der Waals surface area contributed by atoms with Crippen molar-refractivity contribution in [1.82, 2.24) is 14.9 Å². The van der Waals surface area contributed by atoms with E-state index in [0.717, 1.165) is 4.88 Å². The van der Waals surface area contributed by atoms with Gasteiger partial charge in [0, 0.05) is 22.9 Å². The predicted molar refractivity (Wildman–Crippen MR) is 102 cm³/mol. The number of ether oxygens (including phenoxy) is 1. The van der Waals surface area contributed by atoms with Crippen LogP contribution in [-0.4, -0.2) is 32.6 Å². The van der Waals surface area contributed by atoms with Gasteiger partial charge in [-0.05, 0) is 42.7 Å². The SMILES string of the molecule is CCOc1ccc(/C=N\n2c(Cc3cccs3)n[nH]c2=S)cc1[N+](=O)[O-]. The van der Waals surface area contributed by atoms with Crippen molar-refractivity contribution in [2.24, 2.45) is 5.10 Å². The summed E-state index contributed by atoms with van der Waals surface area (Å²) in [4.78, 5) is 11.9. The van der Waals surface area contributed by atoms with Crippen LogP contribution in [0.25, 0.3) is 0 Å². The second kappa shape index (κ2) is 8.02. The van der Waals surface area contributed by atoms with Crippen molar-refractivity contribution < 1.29 is 9.66 Å². The standard InChI is InChI=1S/C16H15N5O3S2/c1-2-24-14-6-5-11(8-13(14)21(22)23)10-17-20-15(18-19-16(20)25)9-12-4-3-7-26-12/h3-8,10H,2,9H2,1H3,(H,19,25)/b17-10-. The predicted octanol–water partition coefficient (Wildman–Crippen LogP) is 3.78. The van der Waals surface area contributed by atoms with E-state index in [4.69, 9.17) is 17.0 Å². The third-order valence-corrected chi connectivity index (χ3v) is 4.57. The molecular formula is C16H15N5O3S2. The van der Waals surface area contributed by atoms with E-state index in [0.29, 0.717) is 29.2 Å². The number of hydrogen-bond donors (Lipinski definition) is 1. The van der Waals surface area contributed by atoms with Crippen LogP contribution < -0.4 is 4.74 Å². The monoisotopic (exact) mass is 389 g/mol. The fraction of sp³-hybridized carbons (Fsp3) is 0.188. The van der Waals surface area contributed by atoms with E-state index >= 15 is 0 Å². The number of H-pyrrole nitrogens is 1. The number of benzene rings is 1. The first-order valence-electron chi connectivity index (χ1n) is 7.72. The number of thiophene rings is 1. The minimum atomic E-state index is -0.478. The molecule has 134 valence electrons. The molecule has 0 fully saturated rings. The lowest BCUT2D eigenvalue weighted by Gasteiger charge is -2.04. The van der Waals surface area contributed by atoms with Crippen LogP contribution in [-0.2, 0) is 6.42 Å². The van der Waals surface area contributed by atoms with Crippen molar-refractivity contribution >= 4 is 35.5 Å². The Kier molecular flexibility index (Phi) is 5.54. The maximum absolute atomic E-state index is 11.2. The first kappa shape index (κ1) is 18.0. The van der Waals surface area contributed by atoms with Gasteiger partial charge in [0.1, 0.15) is 0 Å². The largest absolute Gasteiger partial charge is 0.487 e. The van der Waals surface area contributed by atoms with Gasteiger partial charge in [-0.3, -0.25) is 15.2 Å². The zero-order valence-electron chi connectivity index (χ0n) is 13.8. The van der Waals surface area contributed by atoms with Gasteiger partial charge in [-0.15, -0.1) is 11.3 Å². The van der Waals surface area contributed by atoms with Crippen LogP contribution >= 0.6 is 23.6 Å². The van der Waals surface area contributed by atoms with E-state index < -0.39 is 4.92 Å². The van der Waals surface area contributed by atoms with Gasteiger partial charge in [-0.2, -0.15) is 14.9 Å². The van der Waals surface area contributed by atoms with Gasteiger partial charge < -0.3 is 4.74 Å². The summed E-state index contributed by atoms with van der Waals surface area (Å²) >= 11 is 6.83. The van der Waals surface area contributed by atoms with Gasteiger partial charge in [0.25, 0.3) is 0 Å². The van der Waals surface area contributed by atoms with E-state index in [9.17, 15) is 10.1 Å². The molecule has 2 aromatic heterocycles. The number of nitrogens with one attached hydrogen (secondary N) is 1. The molecule has 3 rings (SSSR count). The Morgan fingerprint density at radius 2 is 2.35 bits per heavy atom. The molecule has 0 unspecified atom stereocenters. The highest BCUT2D eigenvalue weighted by atomic mass is 32.1. The smallest absolute Gasteiger partial charge is 0.311 e. The Morgan fingerprint density at radius 3 is 3.04 bits per heavy atom. The highest BCUT2D eigenvalue weighted by Gasteiger charge is 2.15. The van der Waals surface area contributed by atoms with Gasteiger partial charge in [0.05, 0.1) is 17.7 Å². The van der Waals surface area contributed by atoms with Crippen LogP contribution in [0, 0.1) is 14.9 Å². The Bertz CT molecular complexity index is 992. The maximum Gasteiger partial charge on any atom is 0.311 e. The van der Waals surface area contributed by atoms with Gasteiger partial charge in [0.15, 0.2) is 11.6 Å². The normalized spacial score (nSPS) is 11.1. The van der Waals surface area contributed by atoms with Gasteiger partial charge in [-0.25, -0.2) is 0 Å². The number of aromatic amines is 1. The number of nitro benzene ring substituents is 1. The highest BCUT2D eigenvalue weighted by molar-refractivity contribution is 7.71. The number of hydrogen-bond acceptors (Lipinski definition) is 7. The highest BCUT2D eigenvalue weighted by Crippen LogP contribution is 2.27. The molecule has 0 aliphatic carbocycles. The lowest BCUT2D eigenvalue weighted by Crippen LogP contribution is -2.01. The minimum Gasteiger partial charge on any atom is -0.487 e.